The van der Waals surface area contributed by atoms with Crippen LogP contribution in [0.15, 0.2) is 48.5 Å². The van der Waals surface area contributed by atoms with E-state index in [9.17, 15) is 5.11 Å². The van der Waals surface area contributed by atoms with Gasteiger partial charge < -0.3 is 5.11 Å². The van der Waals surface area contributed by atoms with Gasteiger partial charge in [0.1, 0.15) is 5.75 Å². The van der Waals surface area contributed by atoms with Crippen LogP contribution in [-0.4, -0.2) is 5.11 Å². The molecule has 0 aliphatic carbocycles. The van der Waals surface area contributed by atoms with Crippen molar-refractivity contribution in [2.75, 3.05) is 0 Å². The van der Waals surface area contributed by atoms with Crippen molar-refractivity contribution in [3.05, 3.63) is 54.1 Å². The van der Waals surface area contributed by atoms with E-state index in [0.29, 0.717) is 5.56 Å². The zero-order valence-corrected chi connectivity index (χ0v) is 8.01. The average molecular weight is 195 g/mol. The minimum atomic E-state index is 0.209. The van der Waals surface area contributed by atoms with E-state index in [1.165, 1.54) is 0 Å². The van der Waals surface area contributed by atoms with Crippen LogP contribution in [0.25, 0.3) is 11.1 Å². The minimum absolute atomic E-state index is 0.209. The molecule has 0 radical (unpaired) electrons. The molecule has 0 saturated heterocycles. The lowest BCUT2D eigenvalue weighted by Gasteiger charge is -2.03. The topological polar surface area (TPSA) is 44.0 Å². The zero-order valence-electron chi connectivity index (χ0n) is 8.01. The molecule has 2 aromatic carbocycles. The van der Waals surface area contributed by atoms with E-state index < -0.39 is 0 Å². The van der Waals surface area contributed by atoms with Crippen LogP contribution in [0.2, 0.25) is 0 Å². The summed E-state index contributed by atoms with van der Waals surface area (Å²) < 4.78 is 0. The molecule has 2 nitrogen and oxygen atoms in total. The summed E-state index contributed by atoms with van der Waals surface area (Å²) in [7, 11) is 0. The number of hydrogen-bond donors (Lipinski definition) is 1. The molecular weight excluding hydrogens is 186 g/mol. The van der Waals surface area contributed by atoms with Gasteiger partial charge in [-0.15, -0.1) is 0 Å². The fraction of sp³-hybridized carbons (Fsp3) is 0. The van der Waals surface area contributed by atoms with Gasteiger partial charge in [-0.25, -0.2) is 0 Å². The van der Waals surface area contributed by atoms with E-state index in [2.05, 4.69) is 6.07 Å². The molecular formula is C13H9NO. The molecule has 0 fully saturated rings. The number of aromatic hydroxyl groups is 1. The fourth-order valence-corrected chi connectivity index (χ4v) is 1.51. The summed E-state index contributed by atoms with van der Waals surface area (Å²) in [6, 6.07) is 16.4. The van der Waals surface area contributed by atoms with E-state index >= 15 is 0 Å². The van der Waals surface area contributed by atoms with Crippen molar-refractivity contribution >= 4 is 0 Å². The standard InChI is InChI=1S/C13H9NO/c14-9-11-4-1-2-7-13(11)10-5-3-6-12(15)8-10/h1-8,15H. The Morgan fingerprint density at radius 2 is 1.80 bits per heavy atom. The van der Waals surface area contributed by atoms with Crippen LogP contribution in [0.5, 0.6) is 5.75 Å². The lowest BCUT2D eigenvalue weighted by Crippen LogP contribution is -1.82. The maximum absolute atomic E-state index is 9.36. The van der Waals surface area contributed by atoms with E-state index in [0.717, 1.165) is 11.1 Å². The molecule has 72 valence electrons. The van der Waals surface area contributed by atoms with Crippen LogP contribution < -0.4 is 0 Å². The van der Waals surface area contributed by atoms with Crippen LogP contribution in [0, 0.1) is 11.3 Å². The van der Waals surface area contributed by atoms with E-state index in [4.69, 9.17) is 5.26 Å². The van der Waals surface area contributed by atoms with Crippen molar-refractivity contribution in [3.8, 4) is 22.9 Å². The highest BCUT2D eigenvalue weighted by Crippen LogP contribution is 2.25. The van der Waals surface area contributed by atoms with Crippen molar-refractivity contribution in [1.82, 2.24) is 0 Å². The van der Waals surface area contributed by atoms with Gasteiger partial charge in [0.15, 0.2) is 0 Å². The summed E-state index contributed by atoms with van der Waals surface area (Å²) in [6.45, 7) is 0. The molecule has 0 atom stereocenters. The van der Waals surface area contributed by atoms with Crippen molar-refractivity contribution in [2.45, 2.75) is 0 Å². The molecule has 0 aliphatic rings. The van der Waals surface area contributed by atoms with Gasteiger partial charge in [0.05, 0.1) is 11.6 Å². The first-order valence-corrected chi connectivity index (χ1v) is 4.60. The SMILES string of the molecule is N#Cc1ccccc1-c1cccc(O)c1. The van der Waals surface area contributed by atoms with E-state index in [1.807, 2.05) is 24.3 Å². The molecule has 2 rings (SSSR count). The van der Waals surface area contributed by atoms with Gasteiger partial charge in [-0.1, -0.05) is 30.3 Å². The number of nitrogens with zero attached hydrogens (tertiary/aromatic N) is 1. The molecule has 0 aliphatic heterocycles. The van der Waals surface area contributed by atoms with Crippen LogP contribution in [0.1, 0.15) is 5.56 Å². The van der Waals surface area contributed by atoms with Crippen molar-refractivity contribution in [1.29, 1.82) is 5.26 Å². The van der Waals surface area contributed by atoms with E-state index in [1.54, 1.807) is 24.3 Å². The third-order valence-corrected chi connectivity index (χ3v) is 2.20. The lowest BCUT2D eigenvalue weighted by atomic mass is 10.0. The van der Waals surface area contributed by atoms with Gasteiger partial charge in [-0.05, 0) is 29.3 Å². The van der Waals surface area contributed by atoms with E-state index in [-0.39, 0.29) is 5.75 Å². The quantitative estimate of drug-likeness (QED) is 0.760. The van der Waals surface area contributed by atoms with Gasteiger partial charge in [-0.3, -0.25) is 0 Å². The number of phenols is 1. The molecule has 0 unspecified atom stereocenters. The second-order valence-corrected chi connectivity index (χ2v) is 3.21. The second kappa shape index (κ2) is 3.85. The predicted octanol–water partition coefficient (Wildman–Crippen LogP) is 2.93. The summed E-state index contributed by atoms with van der Waals surface area (Å²) in [5, 5.41) is 18.3. The Bertz CT molecular complexity index is 526. The van der Waals surface area contributed by atoms with Crippen LogP contribution >= 0.6 is 0 Å². The summed E-state index contributed by atoms with van der Waals surface area (Å²) >= 11 is 0. The largest absolute Gasteiger partial charge is 0.508 e. The van der Waals surface area contributed by atoms with Crippen LogP contribution in [0.3, 0.4) is 0 Å². The number of hydrogen-bond acceptors (Lipinski definition) is 2. The van der Waals surface area contributed by atoms with Crippen LogP contribution in [-0.2, 0) is 0 Å². The van der Waals surface area contributed by atoms with Gasteiger partial charge in [0, 0.05) is 0 Å². The Morgan fingerprint density at radius 1 is 1.00 bits per heavy atom. The number of benzene rings is 2. The Hall–Kier alpha value is -2.27. The van der Waals surface area contributed by atoms with Crippen LogP contribution in [0.4, 0.5) is 0 Å². The first kappa shape index (κ1) is 9.29. The molecule has 1 N–H and O–H groups in total. The Kier molecular flexibility index (Phi) is 2.38. The van der Waals surface area contributed by atoms with Gasteiger partial charge >= 0.3 is 0 Å². The molecule has 2 heteroatoms. The molecule has 15 heavy (non-hydrogen) atoms. The number of rotatable bonds is 1. The summed E-state index contributed by atoms with van der Waals surface area (Å²) in [4.78, 5) is 0. The first-order chi connectivity index (χ1) is 7.31. The molecule has 0 saturated carbocycles. The Balaban J connectivity index is 2.60. The Morgan fingerprint density at radius 3 is 2.53 bits per heavy atom. The Labute approximate surface area is 88.0 Å². The maximum Gasteiger partial charge on any atom is 0.116 e. The first-order valence-electron chi connectivity index (χ1n) is 4.60. The third kappa shape index (κ3) is 1.82. The van der Waals surface area contributed by atoms with Crippen molar-refractivity contribution < 1.29 is 5.11 Å². The maximum atomic E-state index is 9.36. The normalized spacial score (nSPS) is 9.53. The molecule has 0 bridgehead atoms. The highest BCUT2D eigenvalue weighted by atomic mass is 16.3. The summed E-state index contributed by atoms with van der Waals surface area (Å²) in [5.74, 6) is 0.209. The van der Waals surface area contributed by atoms with Crippen molar-refractivity contribution in [3.63, 3.8) is 0 Å². The molecule has 0 spiro atoms. The smallest absolute Gasteiger partial charge is 0.116 e. The average Bonchev–Trinajstić information content (AvgIpc) is 2.29. The highest BCUT2D eigenvalue weighted by Gasteiger charge is 2.03. The third-order valence-electron chi connectivity index (χ3n) is 2.20. The fourth-order valence-electron chi connectivity index (χ4n) is 1.51. The van der Waals surface area contributed by atoms with Crippen molar-refractivity contribution in [2.24, 2.45) is 0 Å². The second-order valence-electron chi connectivity index (χ2n) is 3.21. The number of nitriles is 1. The lowest BCUT2D eigenvalue weighted by molar-refractivity contribution is 0.475. The highest BCUT2D eigenvalue weighted by molar-refractivity contribution is 5.71. The minimum Gasteiger partial charge on any atom is -0.508 e. The molecule has 0 amide bonds. The summed E-state index contributed by atoms with van der Waals surface area (Å²) in [5.41, 5.74) is 2.31. The predicted molar refractivity (Wildman–Crippen MR) is 58.3 cm³/mol. The zero-order chi connectivity index (χ0) is 10.7. The van der Waals surface area contributed by atoms with Gasteiger partial charge in [0.2, 0.25) is 0 Å². The summed E-state index contributed by atoms with van der Waals surface area (Å²) in [6.07, 6.45) is 0. The van der Waals surface area contributed by atoms with Gasteiger partial charge in [0.25, 0.3) is 0 Å². The van der Waals surface area contributed by atoms with Gasteiger partial charge in [-0.2, -0.15) is 5.26 Å². The molecule has 0 heterocycles. The number of phenolic OH excluding ortho intramolecular Hbond substituents is 1. The molecule has 0 aromatic heterocycles. The molecule has 2 aromatic rings. The monoisotopic (exact) mass is 195 g/mol.